The second kappa shape index (κ2) is 9.78. The highest BCUT2D eigenvalue weighted by atomic mass is 32.2. The van der Waals surface area contributed by atoms with Crippen LogP contribution < -0.4 is 5.32 Å². The molecule has 0 spiro atoms. The van der Waals surface area contributed by atoms with E-state index in [0.29, 0.717) is 35.2 Å². The van der Waals surface area contributed by atoms with Crippen LogP contribution in [0.25, 0.3) is 11.3 Å². The molecule has 1 aromatic carbocycles. The molecule has 0 bridgehead atoms. The molecule has 1 aromatic heterocycles. The Hall–Kier alpha value is -2.59. The van der Waals surface area contributed by atoms with E-state index in [1.165, 1.54) is 11.8 Å². The summed E-state index contributed by atoms with van der Waals surface area (Å²) in [6, 6.07) is 10.0. The van der Waals surface area contributed by atoms with Crippen LogP contribution in [0.5, 0.6) is 0 Å². The number of aryl methyl sites for hydroxylation is 1. The molecule has 0 unspecified atom stereocenters. The van der Waals surface area contributed by atoms with Gasteiger partial charge in [-0.1, -0.05) is 48.5 Å². The number of hydrogen-bond acceptors (Lipinski definition) is 7. The molecule has 1 heterocycles. The van der Waals surface area contributed by atoms with Crippen molar-refractivity contribution in [3.8, 4) is 17.3 Å². The molecular formula is C19H22N4O2S. The Balaban J connectivity index is 2.23. The Morgan fingerprint density at radius 1 is 1.31 bits per heavy atom. The number of rotatable bonds is 8. The zero-order chi connectivity index (χ0) is 18.9. The summed E-state index contributed by atoms with van der Waals surface area (Å²) in [7, 11) is 0. The van der Waals surface area contributed by atoms with Gasteiger partial charge >= 0.3 is 5.97 Å². The van der Waals surface area contributed by atoms with Crippen molar-refractivity contribution in [2.45, 2.75) is 31.8 Å². The number of carbonyl (C=O) groups is 1. The van der Waals surface area contributed by atoms with E-state index in [9.17, 15) is 10.1 Å². The summed E-state index contributed by atoms with van der Waals surface area (Å²) >= 11 is 1.41. The lowest BCUT2D eigenvalue weighted by molar-refractivity contribution is -0.143. The van der Waals surface area contributed by atoms with Gasteiger partial charge in [0, 0.05) is 12.0 Å². The van der Waals surface area contributed by atoms with E-state index in [2.05, 4.69) is 21.4 Å². The molecule has 0 aliphatic rings. The van der Waals surface area contributed by atoms with Gasteiger partial charge in [-0.3, -0.25) is 4.79 Å². The molecule has 0 aliphatic carbocycles. The number of benzene rings is 1. The SMILES string of the molecule is CCCC(=O)OCCNc1nc(SC)nc(-c2ccc(C)cc2)c1C#N. The predicted molar refractivity (Wildman–Crippen MR) is 103 cm³/mol. The van der Waals surface area contributed by atoms with Gasteiger partial charge < -0.3 is 10.1 Å². The quantitative estimate of drug-likeness (QED) is 0.327. The van der Waals surface area contributed by atoms with Crippen LogP contribution in [0.15, 0.2) is 29.4 Å². The lowest BCUT2D eigenvalue weighted by Gasteiger charge is -2.12. The van der Waals surface area contributed by atoms with Crippen LogP contribution in [-0.2, 0) is 9.53 Å². The Kier molecular flexibility index (Phi) is 7.42. The number of thioether (sulfide) groups is 1. The summed E-state index contributed by atoms with van der Waals surface area (Å²) in [6.45, 7) is 4.54. The molecule has 0 saturated heterocycles. The van der Waals surface area contributed by atoms with Crippen molar-refractivity contribution in [1.29, 1.82) is 5.26 Å². The van der Waals surface area contributed by atoms with Crippen molar-refractivity contribution in [2.75, 3.05) is 24.7 Å². The molecule has 7 heteroatoms. The van der Waals surface area contributed by atoms with Crippen molar-refractivity contribution >= 4 is 23.5 Å². The summed E-state index contributed by atoms with van der Waals surface area (Å²) < 4.78 is 5.13. The number of nitrogens with zero attached hydrogens (tertiary/aromatic N) is 3. The molecule has 26 heavy (non-hydrogen) atoms. The van der Waals surface area contributed by atoms with Crippen LogP contribution in [0, 0.1) is 18.3 Å². The number of hydrogen-bond donors (Lipinski definition) is 1. The average molecular weight is 370 g/mol. The normalized spacial score (nSPS) is 10.2. The first-order valence-electron chi connectivity index (χ1n) is 8.41. The standard InChI is InChI=1S/C19H22N4O2S/c1-4-5-16(24)25-11-10-21-18-15(12-20)17(22-19(23-18)26-3)14-8-6-13(2)7-9-14/h6-9H,4-5,10-11H2,1-3H3,(H,21,22,23). The van der Waals surface area contributed by atoms with Crippen LogP contribution in [0.1, 0.15) is 30.9 Å². The second-order valence-corrected chi connectivity index (χ2v) is 6.43. The Bertz CT molecular complexity index is 800. The van der Waals surface area contributed by atoms with Gasteiger partial charge in [-0.05, 0) is 19.6 Å². The van der Waals surface area contributed by atoms with E-state index in [1.807, 2.05) is 44.4 Å². The van der Waals surface area contributed by atoms with Gasteiger partial charge in [0.05, 0.1) is 12.2 Å². The van der Waals surface area contributed by atoms with Gasteiger partial charge in [0.2, 0.25) is 0 Å². The maximum absolute atomic E-state index is 11.4. The van der Waals surface area contributed by atoms with Gasteiger partial charge in [-0.2, -0.15) is 5.26 Å². The molecule has 0 saturated carbocycles. The first-order chi connectivity index (χ1) is 12.6. The number of ether oxygens (including phenoxy) is 1. The van der Waals surface area contributed by atoms with E-state index in [-0.39, 0.29) is 12.6 Å². The Morgan fingerprint density at radius 2 is 2.04 bits per heavy atom. The topological polar surface area (TPSA) is 87.9 Å². The van der Waals surface area contributed by atoms with E-state index >= 15 is 0 Å². The van der Waals surface area contributed by atoms with Gasteiger partial charge in [0.15, 0.2) is 5.16 Å². The zero-order valence-corrected chi connectivity index (χ0v) is 16.0. The number of esters is 1. The third kappa shape index (κ3) is 5.20. The lowest BCUT2D eigenvalue weighted by atomic mass is 10.1. The van der Waals surface area contributed by atoms with Crippen molar-refractivity contribution in [2.24, 2.45) is 0 Å². The van der Waals surface area contributed by atoms with Crippen LogP contribution >= 0.6 is 11.8 Å². The minimum absolute atomic E-state index is 0.220. The van der Waals surface area contributed by atoms with Crippen LogP contribution in [0.3, 0.4) is 0 Å². The summed E-state index contributed by atoms with van der Waals surface area (Å²) in [5, 5.41) is 13.3. The fourth-order valence-corrected chi connectivity index (χ4v) is 2.66. The van der Waals surface area contributed by atoms with Crippen molar-refractivity contribution in [3.63, 3.8) is 0 Å². The van der Waals surface area contributed by atoms with E-state index < -0.39 is 0 Å². The maximum Gasteiger partial charge on any atom is 0.305 e. The van der Waals surface area contributed by atoms with E-state index in [1.54, 1.807) is 0 Å². The molecule has 0 radical (unpaired) electrons. The first-order valence-corrected chi connectivity index (χ1v) is 9.64. The molecule has 2 rings (SSSR count). The summed E-state index contributed by atoms with van der Waals surface area (Å²) in [5.74, 6) is 0.233. The highest BCUT2D eigenvalue weighted by Gasteiger charge is 2.16. The largest absolute Gasteiger partial charge is 0.464 e. The van der Waals surface area contributed by atoms with Crippen LogP contribution in [0.2, 0.25) is 0 Å². The molecule has 1 N–H and O–H groups in total. The third-order valence-corrected chi connectivity index (χ3v) is 4.17. The minimum Gasteiger partial charge on any atom is -0.464 e. The molecule has 0 atom stereocenters. The molecule has 0 amide bonds. The van der Waals surface area contributed by atoms with Crippen molar-refractivity contribution in [1.82, 2.24) is 9.97 Å². The van der Waals surface area contributed by atoms with Gasteiger partial charge in [0.25, 0.3) is 0 Å². The third-order valence-electron chi connectivity index (χ3n) is 3.62. The fraction of sp³-hybridized carbons (Fsp3) is 0.368. The van der Waals surface area contributed by atoms with Gasteiger partial charge in [-0.15, -0.1) is 0 Å². The second-order valence-electron chi connectivity index (χ2n) is 5.66. The van der Waals surface area contributed by atoms with Crippen molar-refractivity contribution < 1.29 is 9.53 Å². The van der Waals surface area contributed by atoms with E-state index in [4.69, 9.17) is 4.74 Å². The predicted octanol–water partition coefficient (Wildman–Crippen LogP) is 3.80. The van der Waals surface area contributed by atoms with E-state index in [0.717, 1.165) is 17.5 Å². The monoisotopic (exact) mass is 370 g/mol. The lowest BCUT2D eigenvalue weighted by Crippen LogP contribution is -2.15. The van der Waals surface area contributed by atoms with Gasteiger partial charge in [-0.25, -0.2) is 9.97 Å². The number of anilines is 1. The molecule has 2 aromatic rings. The molecule has 0 aliphatic heterocycles. The van der Waals surface area contributed by atoms with Gasteiger partial charge in [0.1, 0.15) is 24.1 Å². The van der Waals surface area contributed by atoms with Crippen molar-refractivity contribution in [3.05, 3.63) is 35.4 Å². The molecule has 136 valence electrons. The fourth-order valence-electron chi connectivity index (χ4n) is 2.30. The number of nitriles is 1. The first kappa shape index (κ1) is 19.7. The average Bonchev–Trinajstić information content (AvgIpc) is 2.65. The summed E-state index contributed by atoms with van der Waals surface area (Å²) in [5.41, 5.74) is 2.98. The highest BCUT2D eigenvalue weighted by molar-refractivity contribution is 7.98. The number of aromatic nitrogens is 2. The zero-order valence-electron chi connectivity index (χ0n) is 15.2. The maximum atomic E-state index is 11.4. The molecular weight excluding hydrogens is 348 g/mol. The molecule has 0 fully saturated rings. The highest BCUT2D eigenvalue weighted by Crippen LogP contribution is 2.28. The Morgan fingerprint density at radius 3 is 2.65 bits per heavy atom. The smallest absolute Gasteiger partial charge is 0.305 e. The number of carbonyl (C=O) groups excluding carboxylic acids is 1. The summed E-state index contributed by atoms with van der Waals surface area (Å²) in [4.78, 5) is 20.3. The number of nitrogens with one attached hydrogen (secondary N) is 1. The minimum atomic E-state index is -0.220. The van der Waals surface area contributed by atoms with Crippen LogP contribution in [-0.4, -0.2) is 35.3 Å². The summed E-state index contributed by atoms with van der Waals surface area (Å²) in [6.07, 6.45) is 3.05. The molecule has 6 nitrogen and oxygen atoms in total. The Labute approximate surface area is 158 Å². The van der Waals surface area contributed by atoms with Crippen LogP contribution in [0.4, 0.5) is 5.82 Å².